The predicted molar refractivity (Wildman–Crippen MR) is 133 cm³/mol. The van der Waals surface area contributed by atoms with Gasteiger partial charge in [-0.05, 0) is 51.1 Å². The van der Waals surface area contributed by atoms with E-state index in [0.29, 0.717) is 34.6 Å². The largest absolute Gasteiger partial charge is 0.326 e. The molecule has 2 N–H and O–H groups in total. The van der Waals surface area contributed by atoms with Crippen LogP contribution in [0.15, 0.2) is 49.2 Å². The molecule has 2 amide bonds. The van der Waals surface area contributed by atoms with E-state index in [1.165, 1.54) is 6.20 Å². The SMILES string of the molecule is Cc1ccc(NC(=O)C[C@@H]2CCCN2C)cc1NC(=O)c1cnn2cc(-c3cnn(C)c3)ncc12. The van der Waals surface area contributed by atoms with Crippen LogP contribution < -0.4 is 10.6 Å². The summed E-state index contributed by atoms with van der Waals surface area (Å²) >= 11 is 0. The topological polar surface area (TPSA) is 109 Å². The standard InChI is InChI=1S/C25H28N8O2/c1-16-6-7-18(29-24(34)10-19-5-4-8-31(19)2)9-21(16)30-25(35)20-12-28-33-15-22(26-13-23(20)33)17-11-27-32(3)14-17/h6-7,9,11-15,19H,4-5,8,10H2,1-3H3,(H,29,34)(H,30,35)/t19-/m0/s1. The Hall–Kier alpha value is -4.05. The zero-order chi connectivity index (χ0) is 24.5. The minimum absolute atomic E-state index is 0.0250. The number of hydrogen-bond donors (Lipinski definition) is 2. The quantitative estimate of drug-likeness (QED) is 0.446. The third kappa shape index (κ3) is 4.78. The number of nitrogens with one attached hydrogen (secondary N) is 2. The minimum atomic E-state index is -0.296. The molecule has 0 aliphatic carbocycles. The second-order valence-electron chi connectivity index (χ2n) is 9.08. The lowest BCUT2D eigenvalue weighted by atomic mass is 10.1. The van der Waals surface area contributed by atoms with Crippen LogP contribution in [0.25, 0.3) is 16.8 Å². The average molecular weight is 473 g/mol. The van der Waals surface area contributed by atoms with Crippen LogP contribution in [0.5, 0.6) is 0 Å². The van der Waals surface area contributed by atoms with E-state index in [2.05, 4.69) is 37.8 Å². The fourth-order valence-electron chi connectivity index (χ4n) is 4.45. The molecular weight excluding hydrogens is 444 g/mol. The van der Waals surface area contributed by atoms with Crippen molar-refractivity contribution in [1.82, 2.24) is 29.3 Å². The zero-order valence-electron chi connectivity index (χ0n) is 20.0. The molecule has 4 aromatic rings. The summed E-state index contributed by atoms with van der Waals surface area (Å²) in [6, 6.07) is 5.79. The molecule has 4 heterocycles. The van der Waals surface area contributed by atoms with Gasteiger partial charge < -0.3 is 15.5 Å². The summed E-state index contributed by atoms with van der Waals surface area (Å²) in [5.41, 5.74) is 4.75. The highest BCUT2D eigenvalue weighted by Crippen LogP contribution is 2.24. The molecule has 0 unspecified atom stereocenters. The molecule has 0 bridgehead atoms. The van der Waals surface area contributed by atoms with E-state index in [1.807, 2.05) is 32.3 Å². The van der Waals surface area contributed by atoms with Gasteiger partial charge in [0.15, 0.2) is 0 Å². The van der Waals surface area contributed by atoms with Crippen LogP contribution in [0.4, 0.5) is 11.4 Å². The molecule has 1 aliphatic rings. The molecule has 5 rings (SSSR count). The first-order chi connectivity index (χ1) is 16.9. The molecule has 3 aromatic heterocycles. The van der Waals surface area contributed by atoms with Crippen LogP contribution in [0.2, 0.25) is 0 Å². The fourth-order valence-corrected chi connectivity index (χ4v) is 4.45. The van der Waals surface area contributed by atoms with Gasteiger partial charge in [-0.1, -0.05) is 6.07 Å². The minimum Gasteiger partial charge on any atom is -0.326 e. The number of nitrogens with zero attached hydrogens (tertiary/aromatic N) is 6. The number of aryl methyl sites for hydroxylation is 2. The van der Waals surface area contributed by atoms with Crippen molar-refractivity contribution in [3.8, 4) is 11.3 Å². The second-order valence-corrected chi connectivity index (χ2v) is 9.08. The summed E-state index contributed by atoms with van der Waals surface area (Å²) in [4.78, 5) is 32.4. The smallest absolute Gasteiger partial charge is 0.259 e. The number of fused-ring (bicyclic) bond motifs is 1. The molecule has 10 nitrogen and oxygen atoms in total. The Kier molecular flexibility index (Phi) is 6.04. The number of aromatic nitrogens is 5. The lowest BCUT2D eigenvalue weighted by molar-refractivity contribution is -0.117. The number of likely N-dealkylation sites (tertiary alicyclic amines) is 1. The van der Waals surface area contributed by atoms with Crippen molar-refractivity contribution >= 4 is 28.7 Å². The van der Waals surface area contributed by atoms with Crippen LogP contribution in [0.1, 0.15) is 35.2 Å². The van der Waals surface area contributed by atoms with Gasteiger partial charge in [0.2, 0.25) is 5.91 Å². The summed E-state index contributed by atoms with van der Waals surface area (Å²) in [6.07, 6.45) is 11.1. The summed E-state index contributed by atoms with van der Waals surface area (Å²) in [7, 11) is 3.90. The van der Waals surface area contributed by atoms with E-state index < -0.39 is 0 Å². The molecule has 10 heteroatoms. The van der Waals surface area contributed by atoms with Crippen LogP contribution in [0.3, 0.4) is 0 Å². The van der Waals surface area contributed by atoms with Crippen molar-refractivity contribution in [3.05, 3.63) is 60.3 Å². The van der Waals surface area contributed by atoms with E-state index in [-0.39, 0.29) is 17.9 Å². The normalized spacial score (nSPS) is 16.0. The van der Waals surface area contributed by atoms with E-state index in [4.69, 9.17) is 0 Å². The molecule has 1 aromatic carbocycles. The van der Waals surface area contributed by atoms with E-state index in [9.17, 15) is 9.59 Å². The predicted octanol–water partition coefficient (Wildman–Crippen LogP) is 3.11. The van der Waals surface area contributed by atoms with Crippen LogP contribution >= 0.6 is 0 Å². The van der Waals surface area contributed by atoms with E-state index in [1.54, 1.807) is 33.9 Å². The number of anilines is 2. The number of benzene rings is 1. The second kappa shape index (κ2) is 9.30. The summed E-state index contributed by atoms with van der Waals surface area (Å²) in [6.45, 7) is 2.94. The van der Waals surface area contributed by atoms with Crippen molar-refractivity contribution in [3.63, 3.8) is 0 Å². The summed E-state index contributed by atoms with van der Waals surface area (Å²) in [5, 5.41) is 14.4. The highest BCUT2D eigenvalue weighted by Gasteiger charge is 2.23. The Morgan fingerprint density at radius 3 is 2.69 bits per heavy atom. The lowest BCUT2D eigenvalue weighted by Crippen LogP contribution is -2.29. The van der Waals surface area contributed by atoms with Gasteiger partial charge in [0.05, 0.1) is 41.6 Å². The lowest BCUT2D eigenvalue weighted by Gasteiger charge is -2.19. The van der Waals surface area contributed by atoms with Crippen molar-refractivity contribution in [2.45, 2.75) is 32.2 Å². The Balaban J connectivity index is 1.30. The average Bonchev–Trinajstić information content (AvgIpc) is 3.56. The van der Waals surface area contributed by atoms with Gasteiger partial charge in [-0.25, -0.2) is 4.52 Å². The Bertz CT molecular complexity index is 1410. The molecule has 1 atom stereocenters. The molecule has 1 aliphatic heterocycles. The maximum absolute atomic E-state index is 13.1. The Labute approximate surface area is 203 Å². The third-order valence-corrected chi connectivity index (χ3v) is 6.51. The molecule has 0 radical (unpaired) electrons. The summed E-state index contributed by atoms with van der Waals surface area (Å²) < 4.78 is 3.34. The maximum Gasteiger partial charge on any atom is 0.259 e. The fraction of sp³-hybridized carbons (Fsp3) is 0.320. The van der Waals surface area contributed by atoms with Crippen LogP contribution in [-0.4, -0.2) is 60.7 Å². The molecule has 0 spiro atoms. The maximum atomic E-state index is 13.1. The molecular formula is C25H28N8O2. The number of carbonyl (C=O) groups is 2. The molecule has 0 saturated carbocycles. The first kappa shape index (κ1) is 22.7. The monoisotopic (exact) mass is 472 g/mol. The van der Waals surface area contributed by atoms with Crippen molar-refractivity contribution in [2.24, 2.45) is 7.05 Å². The van der Waals surface area contributed by atoms with Gasteiger partial charge in [-0.3, -0.25) is 19.3 Å². The number of carbonyl (C=O) groups excluding carboxylic acids is 2. The first-order valence-electron chi connectivity index (χ1n) is 11.6. The van der Waals surface area contributed by atoms with Crippen molar-refractivity contribution in [2.75, 3.05) is 24.2 Å². The summed E-state index contributed by atoms with van der Waals surface area (Å²) in [5.74, 6) is -0.321. The van der Waals surface area contributed by atoms with Gasteiger partial charge in [0, 0.05) is 42.6 Å². The Morgan fingerprint density at radius 1 is 1.09 bits per heavy atom. The number of rotatable bonds is 6. The van der Waals surface area contributed by atoms with Gasteiger partial charge in [0.1, 0.15) is 0 Å². The van der Waals surface area contributed by atoms with E-state index >= 15 is 0 Å². The van der Waals surface area contributed by atoms with Crippen molar-refractivity contribution < 1.29 is 9.59 Å². The van der Waals surface area contributed by atoms with Gasteiger partial charge in [-0.2, -0.15) is 10.2 Å². The van der Waals surface area contributed by atoms with Gasteiger partial charge in [0.25, 0.3) is 5.91 Å². The number of amides is 2. The highest BCUT2D eigenvalue weighted by molar-refractivity contribution is 6.09. The van der Waals surface area contributed by atoms with Crippen LogP contribution in [-0.2, 0) is 11.8 Å². The third-order valence-electron chi connectivity index (χ3n) is 6.51. The Morgan fingerprint density at radius 2 is 1.94 bits per heavy atom. The first-order valence-corrected chi connectivity index (χ1v) is 11.6. The molecule has 35 heavy (non-hydrogen) atoms. The van der Waals surface area contributed by atoms with E-state index in [0.717, 1.165) is 30.5 Å². The highest BCUT2D eigenvalue weighted by atomic mass is 16.2. The van der Waals surface area contributed by atoms with Gasteiger partial charge >= 0.3 is 0 Å². The van der Waals surface area contributed by atoms with Crippen molar-refractivity contribution in [1.29, 1.82) is 0 Å². The van der Waals surface area contributed by atoms with Gasteiger partial charge in [-0.15, -0.1) is 0 Å². The van der Waals surface area contributed by atoms with Crippen LogP contribution in [0, 0.1) is 6.92 Å². The molecule has 1 fully saturated rings. The molecule has 180 valence electrons. The molecule has 1 saturated heterocycles. The number of hydrogen-bond acceptors (Lipinski definition) is 6. The zero-order valence-corrected chi connectivity index (χ0v) is 20.0.